The van der Waals surface area contributed by atoms with Crippen molar-refractivity contribution in [1.82, 2.24) is 5.32 Å². The van der Waals surface area contributed by atoms with Gasteiger partial charge < -0.3 is 15.8 Å². The van der Waals surface area contributed by atoms with Crippen LogP contribution in [0.1, 0.15) is 13.8 Å². The van der Waals surface area contributed by atoms with Crippen molar-refractivity contribution in [3.05, 3.63) is 0 Å². The summed E-state index contributed by atoms with van der Waals surface area (Å²) >= 11 is 0. The Morgan fingerprint density at radius 1 is 1.64 bits per heavy atom. The highest BCUT2D eigenvalue weighted by Crippen LogP contribution is 1.83. The molecule has 1 unspecified atom stereocenters. The van der Waals surface area contributed by atoms with E-state index in [0.717, 1.165) is 0 Å². The van der Waals surface area contributed by atoms with Crippen molar-refractivity contribution >= 4 is 5.91 Å². The number of hydrogen-bond donors (Lipinski definition) is 2. The van der Waals surface area contributed by atoms with Crippen molar-refractivity contribution in [3.63, 3.8) is 0 Å². The molecule has 0 fully saturated rings. The van der Waals surface area contributed by atoms with Gasteiger partial charge in [0.1, 0.15) is 0 Å². The fraction of sp³-hybridized carbons (Fsp3) is 0.857. The van der Waals surface area contributed by atoms with Gasteiger partial charge in [-0.1, -0.05) is 0 Å². The summed E-state index contributed by atoms with van der Waals surface area (Å²) < 4.78 is 4.83. The molecule has 0 aliphatic rings. The number of nitrogens with two attached hydrogens (primary N) is 1. The Bertz CT molecular complexity index is 126. The van der Waals surface area contributed by atoms with Gasteiger partial charge in [-0.2, -0.15) is 0 Å². The SMILES string of the molecule is COCC(C)NC(=O)[C@@H](C)N. The highest BCUT2D eigenvalue weighted by molar-refractivity contribution is 5.81. The Morgan fingerprint density at radius 2 is 2.18 bits per heavy atom. The zero-order valence-corrected chi connectivity index (χ0v) is 7.26. The predicted molar refractivity (Wildman–Crippen MR) is 43.1 cm³/mol. The lowest BCUT2D eigenvalue weighted by molar-refractivity contribution is -0.122. The van der Waals surface area contributed by atoms with E-state index in [0.29, 0.717) is 6.61 Å². The molecule has 0 heterocycles. The Balaban J connectivity index is 3.57. The normalized spacial score (nSPS) is 15.6. The topological polar surface area (TPSA) is 64.3 Å². The summed E-state index contributed by atoms with van der Waals surface area (Å²) in [5.74, 6) is -0.144. The Kier molecular flexibility index (Phi) is 4.81. The van der Waals surface area contributed by atoms with Crippen LogP contribution in [0.2, 0.25) is 0 Å². The van der Waals surface area contributed by atoms with Gasteiger partial charge >= 0.3 is 0 Å². The lowest BCUT2D eigenvalue weighted by atomic mass is 10.3. The molecule has 4 heteroatoms. The predicted octanol–water partition coefficient (Wildman–Crippen LogP) is -0.515. The molecule has 0 saturated heterocycles. The monoisotopic (exact) mass is 160 g/mol. The molecule has 0 spiro atoms. The molecule has 1 amide bonds. The number of methoxy groups -OCH3 is 1. The van der Waals surface area contributed by atoms with Crippen LogP contribution >= 0.6 is 0 Å². The molecule has 0 aliphatic carbocycles. The van der Waals surface area contributed by atoms with Gasteiger partial charge in [-0.3, -0.25) is 4.79 Å². The maximum Gasteiger partial charge on any atom is 0.236 e. The molecule has 4 nitrogen and oxygen atoms in total. The van der Waals surface area contributed by atoms with Gasteiger partial charge in [0.05, 0.1) is 12.6 Å². The number of ether oxygens (including phenoxy) is 1. The second kappa shape index (κ2) is 5.09. The van der Waals surface area contributed by atoms with E-state index in [1.54, 1.807) is 14.0 Å². The first-order valence-electron chi connectivity index (χ1n) is 3.62. The fourth-order valence-corrected chi connectivity index (χ4v) is 0.666. The second-order valence-electron chi connectivity index (χ2n) is 2.65. The molecule has 3 N–H and O–H groups in total. The van der Waals surface area contributed by atoms with Crippen LogP contribution in [0.4, 0.5) is 0 Å². The average Bonchev–Trinajstić information content (AvgIpc) is 1.87. The summed E-state index contributed by atoms with van der Waals surface area (Å²) in [7, 11) is 1.59. The third-order valence-electron chi connectivity index (χ3n) is 1.22. The van der Waals surface area contributed by atoms with Crippen molar-refractivity contribution in [3.8, 4) is 0 Å². The zero-order chi connectivity index (χ0) is 8.85. The van der Waals surface area contributed by atoms with E-state index in [-0.39, 0.29) is 11.9 Å². The number of amides is 1. The average molecular weight is 160 g/mol. The minimum Gasteiger partial charge on any atom is -0.383 e. The summed E-state index contributed by atoms with van der Waals surface area (Å²) in [6.07, 6.45) is 0. The molecule has 0 saturated carbocycles. The molecule has 11 heavy (non-hydrogen) atoms. The van der Waals surface area contributed by atoms with Crippen LogP contribution in [0.25, 0.3) is 0 Å². The Labute approximate surface area is 67.1 Å². The van der Waals surface area contributed by atoms with Gasteiger partial charge in [-0.25, -0.2) is 0 Å². The Morgan fingerprint density at radius 3 is 2.55 bits per heavy atom. The standard InChI is InChI=1S/C7H16N2O2/c1-5(4-11-3)9-7(10)6(2)8/h5-6H,4,8H2,1-3H3,(H,9,10)/t5?,6-/m1/s1. The zero-order valence-electron chi connectivity index (χ0n) is 7.26. The first kappa shape index (κ1) is 10.4. The van der Waals surface area contributed by atoms with Crippen molar-refractivity contribution in [1.29, 1.82) is 0 Å². The molecular weight excluding hydrogens is 144 g/mol. The first-order chi connectivity index (χ1) is 5.07. The molecule has 0 radical (unpaired) electrons. The van der Waals surface area contributed by atoms with Crippen LogP contribution in [0.3, 0.4) is 0 Å². The third-order valence-corrected chi connectivity index (χ3v) is 1.22. The molecule has 0 rings (SSSR count). The molecule has 0 aromatic heterocycles. The number of rotatable bonds is 4. The van der Waals surface area contributed by atoms with Crippen LogP contribution in [0, 0.1) is 0 Å². The van der Waals surface area contributed by atoms with E-state index in [4.69, 9.17) is 10.5 Å². The maximum absolute atomic E-state index is 10.9. The highest BCUT2D eigenvalue weighted by Gasteiger charge is 2.09. The maximum atomic E-state index is 10.9. The minimum atomic E-state index is -0.450. The quantitative estimate of drug-likeness (QED) is 0.582. The van der Waals surface area contributed by atoms with Gasteiger partial charge in [-0.05, 0) is 13.8 Å². The van der Waals surface area contributed by atoms with Crippen LogP contribution in [-0.2, 0) is 9.53 Å². The number of carbonyl (C=O) groups is 1. The lowest BCUT2D eigenvalue weighted by Gasteiger charge is -2.13. The van der Waals surface area contributed by atoms with E-state index in [1.807, 2.05) is 6.92 Å². The van der Waals surface area contributed by atoms with Gasteiger partial charge in [0.2, 0.25) is 5.91 Å². The fourth-order valence-electron chi connectivity index (χ4n) is 0.666. The van der Waals surface area contributed by atoms with Gasteiger partial charge in [0.15, 0.2) is 0 Å². The highest BCUT2D eigenvalue weighted by atomic mass is 16.5. The van der Waals surface area contributed by atoms with E-state index in [2.05, 4.69) is 5.32 Å². The molecule has 0 bridgehead atoms. The van der Waals surface area contributed by atoms with E-state index < -0.39 is 6.04 Å². The van der Waals surface area contributed by atoms with Crippen LogP contribution in [0.15, 0.2) is 0 Å². The third kappa shape index (κ3) is 4.75. The molecular formula is C7H16N2O2. The number of carbonyl (C=O) groups excluding carboxylic acids is 1. The Hall–Kier alpha value is -0.610. The number of nitrogens with one attached hydrogen (secondary N) is 1. The van der Waals surface area contributed by atoms with Crippen molar-refractivity contribution in [2.45, 2.75) is 25.9 Å². The largest absolute Gasteiger partial charge is 0.383 e. The molecule has 0 aliphatic heterocycles. The van der Waals surface area contributed by atoms with Crippen molar-refractivity contribution in [2.24, 2.45) is 5.73 Å². The van der Waals surface area contributed by atoms with E-state index in [9.17, 15) is 4.79 Å². The minimum absolute atomic E-state index is 0.0264. The number of hydrogen-bond acceptors (Lipinski definition) is 3. The van der Waals surface area contributed by atoms with Crippen molar-refractivity contribution in [2.75, 3.05) is 13.7 Å². The van der Waals surface area contributed by atoms with Crippen LogP contribution < -0.4 is 11.1 Å². The van der Waals surface area contributed by atoms with Crippen LogP contribution in [-0.4, -0.2) is 31.7 Å². The van der Waals surface area contributed by atoms with Gasteiger partial charge in [0.25, 0.3) is 0 Å². The summed E-state index contributed by atoms with van der Waals surface area (Å²) in [6, 6.07) is -0.423. The van der Waals surface area contributed by atoms with Crippen molar-refractivity contribution < 1.29 is 9.53 Å². The first-order valence-corrected chi connectivity index (χ1v) is 3.62. The molecule has 2 atom stereocenters. The van der Waals surface area contributed by atoms with Crippen LogP contribution in [0.5, 0.6) is 0 Å². The molecule has 0 aromatic carbocycles. The van der Waals surface area contributed by atoms with E-state index >= 15 is 0 Å². The molecule has 66 valence electrons. The summed E-state index contributed by atoms with van der Waals surface area (Å²) in [4.78, 5) is 10.9. The summed E-state index contributed by atoms with van der Waals surface area (Å²) in [5.41, 5.74) is 5.33. The van der Waals surface area contributed by atoms with Gasteiger partial charge in [-0.15, -0.1) is 0 Å². The smallest absolute Gasteiger partial charge is 0.236 e. The molecule has 0 aromatic rings. The van der Waals surface area contributed by atoms with Gasteiger partial charge in [0, 0.05) is 13.2 Å². The summed E-state index contributed by atoms with van der Waals surface area (Å²) in [5, 5.41) is 2.69. The summed E-state index contributed by atoms with van der Waals surface area (Å²) in [6.45, 7) is 4.02. The lowest BCUT2D eigenvalue weighted by Crippen LogP contribution is -2.44. The second-order valence-corrected chi connectivity index (χ2v) is 2.65. The van der Waals surface area contributed by atoms with E-state index in [1.165, 1.54) is 0 Å².